The van der Waals surface area contributed by atoms with Gasteiger partial charge < -0.3 is 4.90 Å². The molecule has 0 aliphatic heterocycles. The standard InChI is InChI=1S/C19H23N3O/c1-13-6-7-17(12-14(13)2)15(3)20-21-19(23)16-8-10-18(11-9-16)22(4)5/h6-12H,1-5H3,(H,21,23). The van der Waals surface area contributed by atoms with Crippen LogP contribution in [-0.4, -0.2) is 25.7 Å². The van der Waals surface area contributed by atoms with Gasteiger partial charge in [-0.3, -0.25) is 4.79 Å². The highest BCUT2D eigenvalue weighted by atomic mass is 16.2. The number of carbonyl (C=O) groups is 1. The summed E-state index contributed by atoms with van der Waals surface area (Å²) >= 11 is 0. The molecule has 0 heterocycles. The van der Waals surface area contributed by atoms with Crippen LogP contribution in [-0.2, 0) is 0 Å². The van der Waals surface area contributed by atoms with E-state index in [0.717, 1.165) is 17.0 Å². The van der Waals surface area contributed by atoms with Crippen molar-refractivity contribution in [3.8, 4) is 0 Å². The molecule has 1 N–H and O–H groups in total. The molecule has 4 heteroatoms. The minimum atomic E-state index is -0.210. The summed E-state index contributed by atoms with van der Waals surface area (Å²) in [4.78, 5) is 14.1. The van der Waals surface area contributed by atoms with Crippen molar-refractivity contribution in [1.82, 2.24) is 5.43 Å². The van der Waals surface area contributed by atoms with E-state index in [1.165, 1.54) is 11.1 Å². The average Bonchev–Trinajstić information content (AvgIpc) is 2.54. The molecule has 0 aliphatic rings. The largest absolute Gasteiger partial charge is 0.378 e. The van der Waals surface area contributed by atoms with Crippen LogP contribution in [0.5, 0.6) is 0 Å². The number of hydrazone groups is 1. The number of benzene rings is 2. The van der Waals surface area contributed by atoms with Gasteiger partial charge in [0.25, 0.3) is 5.91 Å². The second-order valence-corrected chi connectivity index (χ2v) is 5.88. The van der Waals surface area contributed by atoms with E-state index in [1.54, 1.807) is 12.1 Å². The fraction of sp³-hybridized carbons (Fsp3) is 0.263. The molecule has 0 aliphatic carbocycles. The number of aryl methyl sites for hydroxylation is 2. The van der Waals surface area contributed by atoms with Crippen LogP contribution < -0.4 is 10.3 Å². The molecular weight excluding hydrogens is 286 g/mol. The lowest BCUT2D eigenvalue weighted by molar-refractivity contribution is 0.0955. The minimum absolute atomic E-state index is 0.210. The van der Waals surface area contributed by atoms with Crippen molar-refractivity contribution >= 4 is 17.3 Å². The van der Waals surface area contributed by atoms with E-state index in [9.17, 15) is 4.79 Å². The van der Waals surface area contributed by atoms with Gasteiger partial charge in [-0.2, -0.15) is 5.10 Å². The summed E-state index contributed by atoms with van der Waals surface area (Å²) in [5, 5.41) is 4.21. The first-order chi connectivity index (χ1) is 10.9. The summed E-state index contributed by atoms with van der Waals surface area (Å²) in [6, 6.07) is 13.6. The molecule has 0 atom stereocenters. The smallest absolute Gasteiger partial charge is 0.271 e. The zero-order valence-corrected chi connectivity index (χ0v) is 14.3. The lowest BCUT2D eigenvalue weighted by Crippen LogP contribution is -2.19. The molecule has 0 bridgehead atoms. The maximum absolute atomic E-state index is 12.2. The zero-order chi connectivity index (χ0) is 17.0. The van der Waals surface area contributed by atoms with Crippen LogP contribution in [0, 0.1) is 13.8 Å². The fourth-order valence-corrected chi connectivity index (χ4v) is 2.14. The number of carbonyl (C=O) groups excluding carboxylic acids is 1. The molecule has 120 valence electrons. The molecule has 0 radical (unpaired) electrons. The predicted molar refractivity (Wildman–Crippen MR) is 96.4 cm³/mol. The summed E-state index contributed by atoms with van der Waals surface area (Å²) in [5.41, 5.74) is 8.50. The van der Waals surface area contributed by atoms with Crippen LogP contribution in [0.4, 0.5) is 5.69 Å². The first-order valence-electron chi connectivity index (χ1n) is 7.58. The average molecular weight is 309 g/mol. The number of hydrogen-bond acceptors (Lipinski definition) is 3. The van der Waals surface area contributed by atoms with Crippen molar-refractivity contribution in [3.63, 3.8) is 0 Å². The van der Waals surface area contributed by atoms with Gasteiger partial charge in [0.15, 0.2) is 0 Å². The quantitative estimate of drug-likeness (QED) is 0.694. The Balaban J connectivity index is 2.08. The van der Waals surface area contributed by atoms with Crippen LogP contribution in [0.1, 0.15) is 34.0 Å². The number of anilines is 1. The summed E-state index contributed by atoms with van der Waals surface area (Å²) in [5.74, 6) is -0.210. The van der Waals surface area contributed by atoms with Gasteiger partial charge in [0.1, 0.15) is 0 Å². The zero-order valence-electron chi connectivity index (χ0n) is 14.3. The van der Waals surface area contributed by atoms with Crippen LogP contribution in [0.3, 0.4) is 0 Å². The maximum Gasteiger partial charge on any atom is 0.271 e. The highest BCUT2D eigenvalue weighted by Gasteiger charge is 2.06. The minimum Gasteiger partial charge on any atom is -0.378 e. The summed E-state index contributed by atoms with van der Waals surface area (Å²) < 4.78 is 0. The number of amides is 1. The van der Waals surface area contributed by atoms with E-state index in [1.807, 2.05) is 44.1 Å². The van der Waals surface area contributed by atoms with Crippen molar-refractivity contribution in [2.45, 2.75) is 20.8 Å². The van der Waals surface area contributed by atoms with Gasteiger partial charge in [0.2, 0.25) is 0 Å². The Hall–Kier alpha value is -2.62. The van der Waals surface area contributed by atoms with E-state index >= 15 is 0 Å². The van der Waals surface area contributed by atoms with Crippen molar-refractivity contribution in [2.75, 3.05) is 19.0 Å². The van der Waals surface area contributed by atoms with E-state index in [2.05, 4.69) is 36.5 Å². The van der Waals surface area contributed by atoms with E-state index in [-0.39, 0.29) is 5.91 Å². The highest BCUT2D eigenvalue weighted by molar-refractivity contribution is 6.01. The molecule has 2 rings (SSSR count). The monoisotopic (exact) mass is 309 g/mol. The third-order valence-corrected chi connectivity index (χ3v) is 3.90. The van der Waals surface area contributed by atoms with Gasteiger partial charge in [0, 0.05) is 25.3 Å². The lowest BCUT2D eigenvalue weighted by atomic mass is 10.0. The summed E-state index contributed by atoms with van der Waals surface area (Å²) in [7, 11) is 3.93. The molecular formula is C19H23N3O. The predicted octanol–water partition coefficient (Wildman–Crippen LogP) is 3.52. The summed E-state index contributed by atoms with van der Waals surface area (Å²) in [6.07, 6.45) is 0. The molecule has 0 fully saturated rings. The molecule has 2 aromatic rings. The Kier molecular flexibility index (Phi) is 5.16. The van der Waals surface area contributed by atoms with Crippen molar-refractivity contribution in [2.24, 2.45) is 5.10 Å². The molecule has 0 unspecified atom stereocenters. The number of nitrogens with one attached hydrogen (secondary N) is 1. The van der Waals surface area contributed by atoms with Gasteiger partial charge in [-0.25, -0.2) is 5.43 Å². The molecule has 1 amide bonds. The maximum atomic E-state index is 12.2. The van der Waals surface area contributed by atoms with Gasteiger partial charge in [-0.15, -0.1) is 0 Å². The Morgan fingerprint density at radius 3 is 2.13 bits per heavy atom. The van der Waals surface area contributed by atoms with Crippen LogP contribution in [0.2, 0.25) is 0 Å². The molecule has 0 saturated heterocycles. The molecule has 0 saturated carbocycles. The number of hydrogen-bond donors (Lipinski definition) is 1. The first-order valence-corrected chi connectivity index (χ1v) is 7.58. The lowest BCUT2D eigenvalue weighted by Gasteiger charge is -2.12. The highest BCUT2D eigenvalue weighted by Crippen LogP contribution is 2.13. The number of nitrogens with zero attached hydrogens (tertiary/aromatic N) is 2. The van der Waals surface area contributed by atoms with Gasteiger partial charge >= 0.3 is 0 Å². The van der Waals surface area contributed by atoms with Gasteiger partial charge in [-0.1, -0.05) is 12.1 Å². The van der Waals surface area contributed by atoms with E-state index in [4.69, 9.17) is 0 Å². The first kappa shape index (κ1) is 16.7. The SMILES string of the molecule is CC(=NNC(=O)c1ccc(N(C)C)cc1)c1ccc(C)c(C)c1. The Labute approximate surface area is 137 Å². The van der Waals surface area contributed by atoms with Crippen molar-refractivity contribution in [1.29, 1.82) is 0 Å². The van der Waals surface area contributed by atoms with E-state index < -0.39 is 0 Å². The van der Waals surface area contributed by atoms with Crippen molar-refractivity contribution in [3.05, 3.63) is 64.7 Å². The second-order valence-electron chi connectivity index (χ2n) is 5.88. The third kappa shape index (κ3) is 4.19. The second kappa shape index (κ2) is 7.09. The molecule has 0 aromatic heterocycles. The molecule has 4 nitrogen and oxygen atoms in total. The van der Waals surface area contributed by atoms with Crippen LogP contribution in [0.15, 0.2) is 47.6 Å². The Morgan fingerprint density at radius 1 is 0.957 bits per heavy atom. The van der Waals surface area contributed by atoms with Gasteiger partial charge in [0.05, 0.1) is 5.71 Å². The topological polar surface area (TPSA) is 44.7 Å². The third-order valence-electron chi connectivity index (χ3n) is 3.90. The van der Waals surface area contributed by atoms with Crippen molar-refractivity contribution < 1.29 is 4.79 Å². The summed E-state index contributed by atoms with van der Waals surface area (Å²) in [6.45, 7) is 6.03. The Bertz CT molecular complexity index is 731. The van der Waals surface area contributed by atoms with Crippen LogP contribution >= 0.6 is 0 Å². The van der Waals surface area contributed by atoms with Gasteiger partial charge in [-0.05, 0) is 67.8 Å². The Morgan fingerprint density at radius 2 is 1.57 bits per heavy atom. The normalized spacial score (nSPS) is 11.3. The fourth-order valence-electron chi connectivity index (χ4n) is 2.14. The molecule has 23 heavy (non-hydrogen) atoms. The number of rotatable bonds is 4. The molecule has 0 spiro atoms. The molecule has 2 aromatic carbocycles. The van der Waals surface area contributed by atoms with Crippen LogP contribution in [0.25, 0.3) is 0 Å². The van der Waals surface area contributed by atoms with E-state index in [0.29, 0.717) is 5.56 Å².